The standard InChI is InChI=1S/C29H26F2N4O3S/c1-38-16-15-32-24(36)17-34-25(37)18-39-28(22-9-5-6-10-23(22)31)26-27(19-7-3-2-4-8-19)33-35(29(26)34)21-13-11-20(30)12-14-21/h2-14,28H,15-18H2,1H3,(H,32,36). The Morgan fingerprint density at radius 3 is 2.49 bits per heavy atom. The van der Waals surface area contributed by atoms with E-state index in [9.17, 15) is 14.0 Å². The summed E-state index contributed by atoms with van der Waals surface area (Å²) < 4.78 is 35.6. The van der Waals surface area contributed by atoms with Gasteiger partial charge in [0.1, 0.15) is 24.0 Å². The summed E-state index contributed by atoms with van der Waals surface area (Å²) >= 11 is 1.28. The first-order valence-electron chi connectivity index (χ1n) is 12.3. The summed E-state index contributed by atoms with van der Waals surface area (Å²) in [7, 11) is 1.53. The van der Waals surface area contributed by atoms with Crippen LogP contribution in [0.15, 0.2) is 78.9 Å². The van der Waals surface area contributed by atoms with Crippen LogP contribution in [0.4, 0.5) is 14.6 Å². The molecule has 39 heavy (non-hydrogen) atoms. The highest BCUT2D eigenvalue weighted by molar-refractivity contribution is 8.00. The summed E-state index contributed by atoms with van der Waals surface area (Å²) in [5.41, 5.74) is 2.78. The number of rotatable bonds is 8. The Kier molecular flexibility index (Phi) is 8.04. The van der Waals surface area contributed by atoms with Gasteiger partial charge in [0.05, 0.1) is 29.0 Å². The molecule has 5 rings (SSSR count). The number of methoxy groups -OCH3 is 1. The second-order valence-electron chi connectivity index (χ2n) is 8.88. The molecule has 1 aliphatic heterocycles. The topological polar surface area (TPSA) is 76.5 Å². The van der Waals surface area contributed by atoms with E-state index in [0.717, 1.165) is 5.56 Å². The van der Waals surface area contributed by atoms with Crippen molar-refractivity contribution in [3.63, 3.8) is 0 Å². The molecule has 0 saturated heterocycles. The fraction of sp³-hybridized carbons (Fsp3) is 0.207. The number of thioether (sulfide) groups is 1. The van der Waals surface area contributed by atoms with Crippen molar-refractivity contribution in [2.24, 2.45) is 0 Å². The number of anilines is 1. The van der Waals surface area contributed by atoms with Crippen molar-refractivity contribution >= 4 is 29.4 Å². The van der Waals surface area contributed by atoms with E-state index in [2.05, 4.69) is 5.32 Å². The van der Waals surface area contributed by atoms with Crippen LogP contribution in [0.25, 0.3) is 16.9 Å². The molecule has 1 N–H and O–H groups in total. The van der Waals surface area contributed by atoms with Crippen LogP contribution in [0.5, 0.6) is 0 Å². The predicted octanol–water partition coefficient (Wildman–Crippen LogP) is 4.75. The molecule has 7 nitrogen and oxygen atoms in total. The van der Waals surface area contributed by atoms with Crippen LogP contribution >= 0.6 is 11.8 Å². The van der Waals surface area contributed by atoms with Gasteiger partial charge in [-0.1, -0.05) is 48.5 Å². The number of hydrogen-bond acceptors (Lipinski definition) is 5. The van der Waals surface area contributed by atoms with E-state index in [4.69, 9.17) is 9.84 Å². The highest BCUT2D eigenvalue weighted by Crippen LogP contribution is 2.49. The number of hydrogen-bond donors (Lipinski definition) is 1. The molecule has 0 fully saturated rings. The highest BCUT2D eigenvalue weighted by Gasteiger charge is 2.38. The summed E-state index contributed by atoms with van der Waals surface area (Å²) in [6.45, 7) is 0.326. The highest BCUT2D eigenvalue weighted by atomic mass is 32.2. The summed E-state index contributed by atoms with van der Waals surface area (Å²) in [4.78, 5) is 27.9. The van der Waals surface area contributed by atoms with Crippen LogP contribution in [-0.4, -0.2) is 54.2 Å². The number of fused-ring (bicyclic) bond motifs is 1. The maximum atomic E-state index is 15.2. The van der Waals surface area contributed by atoms with Gasteiger partial charge in [0.25, 0.3) is 0 Å². The number of benzene rings is 3. The minimum atomic E-state index is -0.601. The number of aromatic nitrogens is 2. The molecule has 3 aromatic carbocycles. The largest absolute Gasteiger partial charge is 0.383 e. The molecular formula is C29H26F2N4O3S. The number of nitrogens with zero attached hydrogens (tertiary/aromatic N) is 3. The van der Waals surface area contributed by atoms with E-state index in [0.29, 0.717) is 34.9 Å². The maximum absolute atomic E-state index is 15.2. The minimum Gasteiger partial charge on any atom is -0.383 e. The van der Waals surface area contributed by atoms with Crippen molar-refractivity contribution in [2.45, 2.75) is 5.25 Å². The van der Waals surface area contributed by atoms with Crippen LogP contribution < -0.4 is 10.2 Å². The lowest BCUT2D eigenvalue weighted by molar-refractivity contribution is -0.123. The molecule has 0 spiro atoms. The summed E-state index contributed by atoms with van der Waals surface area (Å²) in [6, 6.07) is 21.5. The average molecular weight is 549 g/mol. The van der Waals surface area contributed by atoms with Crippen LogP contribution in [0.2, 0.25) is 0 Å². The fourth-order valence-corrected chi connectivity index (χ4v) is 5.74. The van der Waals surface area contributed by atoms with Gasteiger partial charge in [0, 0.05) is 30.3 Å². The van der Waals surface area contributed by atoms with E-state index >= 15 is 4.39 Å². The van der Waals surface area contributed by atoms with Gasteiger partial charge in [-0.15, -0.1) is 11.8 Å². The zero-order chi connectivity index (χ0) is 27.4. The van der Waals surface area contributed by atoms with Gasteiger partial charge in [0.15, 0.2) is 0 Å². The second kappa shape index (κ2) is 11.8. The van der Waals surface area contributed by atoms with Gasteiger partial charge < -0.3 is 10.1 Å². The molecule has 2 heterocycles. The zero-order valence-corrected chi connectivity index (χ0v) is 22.0. The second-order valence-corrected chi connectivity index (χ2v) is 9.97. The molecule has 200 valence electrons. The third kappa shape index (κ3) is 5.57. The fourth-order valence-electron chi connectivity index (χ4n) is 4.52. The molecule has 1 aromatic heterocycles. The number of nitrogens with one attached hydrogen (secondary N) is 1. The Balaban J connectivity index is 1.76. The van der Waals surface area contributed by atoms with E-state index in [1.54, 1.807) is 30.3 Å². The lowest BCUT2D eigenvalue weighted by Crippen LogP contribution is -2.43. The quantitative estimate of drug-likeness (QED) is 0.322. The van der Waals surface area contributed by atoms with Crippen molar-refractivity contribution < 1.29 is 23.1 Å². The normalized spacial score (nSPS) is 15.1. The average Bonchev–Trinajstić information content (AvgIpc) is 3.27. The van der Waals surface area contributed by atoms with Gasteiger partial charge in [-0.25, -0.2) is 13.5 Å². The first kappa shape index (κ1) is 26.6. The molecule has 0 radical (unpaired) electrons. The number of ether oxygens (including phenoxy) is 1. The molecule has 4 aromatic rings. The van der Waals surface area contributed by atoms with E-state index in [1.165, 1.54) is 46.7 Å². The molecule has 1 aliphatic rings. The predicted molar refractivity (Wildman–Crippen MR) is 147 cm³/mol. The summed E-state index contributed by atoms with van der Waals surface area (Å²) in [6.07, 6.45) is 0. The van der Waals surface area contributed by atoms with Crippen molar-refractivity contribution in [3.8, 4) is 16.9 Å². The minimum absolute atomic E-state index is 0.0106. The Hall–Kier alpha value is -4.02. The third-order valence-corrected chi connectivity index (χ3v) is 7.56. The molecule has 1 atom stereocenters. The van der Waals surface area contributed by atoms with Crippen LogP contribution in [-0.2, 0) is 14.3 Å². The summed E-state index contributed by atoms with van der Waals surface area (Å²) in [5, 5.41) is 7.04. The number of halogens is 2. The van der Waals surface area contributed by atoms with Gasteiger partial charge in [-0.05, 0) is 30.3 Å². The van der Waals surface area contributed by atoms with Gasteiger partial charge >= 0.3 is 0 Å². The SMILES string of the molecule is COCCNC(=O)CN1C(=O)CSC(c2ccccc2F)c2c(-c3ccccc3)nn(-c3ccc(F)cc3)c21. The molecule has 0 saturated carbocycles. The van der Waals surface area contributed by atoms with Crippen LogP contribution in [0, 0.1) is 11.6 Å². The van der Waals surface area contributed by atoms with Crippen LogP contribution in [0.1, 0.15) is 16.4 Å². The zero-order valence-electron chi connectivity index (χ0n) is 21.1. The molecular weight excluding hydrogens is 522 g/mol. The van der Waals surface area contributed by atoms with Crippen molar-refractivity contribution in [3.05, 3.63) is 102 Å². The first-order valence-corrected chi connectivity index (χ1v) is 13.4. The molecule has 1 unspecified atom stereocenters. The van der Waals surface area contributed by atoms with Crippen molar-refractivity contribution in [2.75, 3.05) is 37.5 Å². The van der Waals surface area contributed by atoms with E-state index in [1.807, 2.05) is 30.3 Å². The molecule has 0 aliphatic carbocycles. The Bertz CT molecular complexity index is 1480. The van der Waals surface area contributed by atoms with Crippen molar-refractivity contribution in [1.82, 2.24) is 15.1 Å². The Morgan fingerprint density at radius 2 is 1.77 bits per heavy atom. The number of amides is 2. The lowest BCUT2D eigenvalue weighted by atomic mass is 9.99. The van der Waals surface area contributed by atoms with Gasteiger partial charge in [0.2, 0.25) is 11.8 Å². The number of carbonyl (C=O) groups excluding carboxylic acids is 2. The molecule has 0 bridgehead atoms. The number of carbonyl (C=O) groups is 2. The monoisotopic (exact) mass is 548 g/mol. The van der Waals surface area contributed by atoms with E-state index < -0.39 is 16.9 Å². The van der Waals surface area contributed by atoms with Gasteiger partial charge in [-0.3, -0.25) is 14.5 Å². The van der Waals surface area contributed by atoms with Crippen molar-refractivity contribution in [1.29, 1.82) is 0 Å². The lowest BCUT2D eigenvalue weighted by Gasteiger charge is -2.23. The maximum Gasteiger partial charge on any atom is 0.240 e. The smallest absolute Gasteiger partial charge is 0.240 e. The van der Waals surface area contributed by atoms with Crippen LogP contribution in [0.3, 0.4) is 0 Å². The summed E-state index contributed by atoms with van der Waals surface area (Å²) in [5.74, 6) is -1.20. The third-order valence-electron chi connectivity index (χ3n) is 6.33. The Morgan fingerprint density at radius 1 is 1.05 bits per heavy atom. The molecule has 2 amide bonds. The van der Waals surface area contributed by atoms with E-state index in [-0.39, 0.29) is 30.7 Å². The Labute approximate surface area is 228 Å². The first-order chi connectivity index (χ1) is 19.0. The molecule has 10 heteroatoms. The van der Waals surface area contributed by atoms with Gasteiger partial charge in [-0.2, -0.15) is 5.10 Å².